The van der Waals surface area contributed by atoms with Crippen LogP contribution in [0.3, 0.4) is 0 Å². The average Bonchev–Trinajstić information content (AvgIpc) is 2.89. The predicted octanol–water partition coefficient (Wildman–Crippen LogP) is 2.30. The van der Waals surface area contributed by atoms with Crippen LogP contribution in [-0.4, -0.2) is 17.3 Å². The quantitative estimate of drug-likeness (QED) is 0.842. The number of nitrogens with two attached hydrogens (primary N) is 1. The Hall–Kier alpha value is -1.11. The molecule has 0 aliphatic carbocycles. The largest absolute Gasteiger partial charge is 0.496 e. The first-order valence-electron chi connectivity index (χ1n) is 5.08. The second-order valence-electron chi connectivity index (χ2n) is 3.34. The van der Waals surface area contributed by atoms with Crippen molar-refractivity contribution in [3.63, 3.8) is 0 Å². The van der Waals surface area contributed by atoms with Gasteiger partial charge in [0, 0.05) is 17.9 Å². The Morgan fingerprint density at radius 3 is 3.00 bits per heavy atom. The van der Waals surface area contributed by atoms with Crippen molar-refractivity contribution in [2.24, 2.45) is 5.73 Å². The summed E-state index contributed by atoms with van der Waals surface area (Å²) in [5.41, 5.74) is 9.66. The van der Waals surface area contributed by atoms with Gasteiger partial charge in [-0.1, -0.05) is 29.2 Å². The van der Waals surface area contributed by atoms with Crippen molar-refractivity contribution < 1.29 is 4.74 Å². The van der Waals surface area contributed by atoms with Gasteiger partial charge in [-0.05, 0) is 17.7 Å². The van der Waals surface area contributed by atoms with E-state index in [9.17, 15) is 0 Å². The summed E-state index contributed by atoms with van der Waals surface area (Å²) in [4.78, 5) is 0. The van der Waals surface area contributed by atoms with Gasteiger partial charge >= 0.3 is 0 Å². The van der Waals surface area contributed by atoms with Gasteiger partial charge in [0.15, 0.2) is 4.34 Å². The molecule has 90 valence electrons. The maximum atomic E-state index is 5.68. The SMILES string of the molecule is COc1ccc(CSc2nncs2)cc1CN. The maximum Gasteiger partial charge on any atom is 0.174 e. The third-order valence-electron chi connectivity index (χ3n) is 2.27. The van der Waals surface area contributed by atoms with Crippen LogP contribution in [0.25, 0.3) is 0 Å². The van der Waals surface area contributed by atoms with Crippen molar-refractivity contribution in [3.05, 3.63) is 34.8 Å². The van der Waals surface area contributed by atoms with Crippen LogP contribution in [0.1, 0.15) is 11.1 Å². The molecule has 6 heteroatoms. The predicted molar refractivity (Wildman–Crippen MR) is 70.4 cm³/mol. The number of rotatable bonds is 5. The monoisotopic (exact) mass is 267 g/mol. The molecule has 0 fully saturated rings. The molecule has 0 aliphatic rings. The summed E-state index contributed by atoms with van der Waals surface area (Å²) in [6.07, 6.45) is 0. The van der Waals surface area contributed by atoms with Gasteiger partial charge in [-0.25, -0.2) is 0 Å². The highest BCUT2D eigenvalue weighted by molar-refractivity contribution is 8.00. The van der Waals surface area contributed by atoms with Crippen molar-refractivity contribution in [2.45, 2.75) is 16.6 Å². The molecule has 0 unspecified atom stereocenters. The maximum absolute atomic E-state index is 5.68. The Balaban J connectivity index is 2.06. The Kier molecular flexibility index (Phi) is 4.36. The molecule has 0 bridgehead atoms. The third-order valence-corrected chi connectivity index (χ3v) is 4.20. The highest BCUT2D eigenvalue weighted by Crippen LogP contribution is 2.26. The number of methoxy groups -OCH3 is 1. The molecule has 2 N–H and O–H groups in total. The summed E-state index contributed by atoms with van der Waals surface area (Å²) < 4.78 is 6.22. The fraction of sp³-hybridized carbons (Fsp3) is 0.273. The van der Waals surface area contributed by atoms with E-state index in [0.29, 0.717) is 6.54 Å². The van der Waals surface area contributed by atoms with E-state index < -0.39 is 0 Å². The molecule has 0 saturated carbocycles. The molecule has 4 nitrogen and oxygen atoms in total. The van der Waals surface area contributed by atoms with Crippen molar-refractivity contribution in [1.82, 2.24) is 10.2 Å². The standard InChI is InChI=1S/C11H13N3OS2/c1-15-10-3-2-8(4-9(10)5-12)6-16-11-14-13-7-17-11/h2-4,7H,5-6,12H2,1H3. The molecule has 2 aromatic rings. The molecule has 0 saturated heterocycles. The summed E-state index contributed by atoms with van der Waals surface area (Å²) in [5, 5.41) is 7.79. The molecular formula is C11H13N3OS2. The second-order valence-corrected chi connectivity index (χ2v) is 5.40. The number of aromatic nitrogens is 2. The minimum atomic E-state index is 0.487. The number of hydrogen-bond acceptors (Lipinski definition) is 6. The minimum Gasteiger partial charge on any atom is -0.496 e. The second kappa shape index (κ2) is 6.00. The van der Waals surface area contributed by atoms with E-state index in [1.54, 1.807) is 35.7 Å². The van der Waals surface area contributed by atoms with E-state index in [0.717, 1.165) is 21.4 Å². The minimum absolute atomic E-state index is 0.487. The fourth-order valence-corrected chi connectivity index (χ4v) is 2.88. The normalized spacial score (nSPS) is 10.5. The van der Waals surface area contributed by atoms with Gasteiger partial charge in [-0.2, -0.15) is 0 Å². The van der Waals surface area contributed by atoms with Gasteiger partial charge in [0.1, 0.15) is 11.3 Å². The van der Waals surface area contributed by atoms with Crippen LogP contribution in [0.15, 0.2) is 28.0 Å². The highest BCUT2D eigenvalue weighted by Gasteiger charge is 2.04. The summed E-state index contributed by atoms with van der Waals surface area (Å²) in [6, 6.07) is 6.08. The number of ether oxygens (including phenoxy) is 1. The van der Waals surface area contributed by atoms with Crippen LogP contribution in [0.2, 0.25) is 0 Å². The van der Waals surface area contributed by atoms with Gasteiger partial charge in [0.25, 0.3) is 0 Å². The number of benzene rings is 1. The molecule has 2 rings (SSSR count). The van der Waals surface area contributed by atoms with Crippen LogP contribution in [0, 0.1) is 0 Å². The van der Waals surface area contributed by atoms with E-state index in [1.807, 2.05) is 12.1 Å². The van der Waals surface area contributed by atoms with Gasteiger partial charge in [0.05, 0.1) is 7.11 Å². The summed E-state index contributed by atoms with van der Waals surface area (Å²) in [7, 11) is 1.66. The average molecular weight is 267 g/mol. The van der Waals surface area contributed by atoms with Crippen molar-refractivity contribution in [2.75, 3.05) is 7.11 Å². The van der Waals surface area contributed by atoms with E-state index in [-0.39, 0.29) is 0 Å². The van der Waals surface area contributed by atoms with Gasteiger partial charge in [-0.15, -0.1) is 10.2 Å². The smallest absolute Gasteiger partial charge is 0.174 e. The Labute approximate surface area is 108 Å². The summed E-state index contributed by atoms with van der Waals surface area (Å²) in [5.74, 6) is 1.71. The number of hydrogen-bond donors (Lipinski definition) is 1. The molecule has 0 atom stereocenters. The van der Waals surface area contributed by atoms with E-state index in [1.165, 1.54) is 5.56 Å². The Morgan fingerprint density at radius 1 is 1.47 bits per heavy atom. The Bertz CT molecular complexity index is 474. The third kappa shape index (κ3) is 3.18. The molecule has 0 radical (unpaired) electrons. The first kappa shape index (κ1) is 12.3. The lowest BCUT2D eigenvalue weighted by atomic mass is 10.1. The van der Waals surface area contributed by atoms with E-state index in [2.05, 4.69) is 16.3 Å². The topological polar surface area (TPSA) is 61.0 Å². The Morgan fingerprint density at radius 2 is 2.35 bits per heavy atom. The van der Waals surface area contributed by atoms with Crippen molar-refractivity contribution in [1.29, 1.82) is 0 Å². The zero-order chi connectivity index (χ0) is 12.1. The lowest BCUT2D eigenvalue weighted by Crippen LogP contribution is -2.00. The van der Waals surface area contributed by atoms with Gasteiger partial charge in [-0.3, -0.25) is 0 Å². The molecule has 0 aliphatic heterocycles. The van der Waals surface area contributed by atoms with Gasteiger partial charge < -0.3 is 10.5 Å². The van der Waals surface area contributed by atoms with Crippen LogP contribution in [0.4, 0.5) is 0 Å². The first-order chi connectivity index (χ1) is 8.33. The first-order valence-corrected chi connectivity index (χ1v) is 6.95. The molecule has 1 aromatic heterocycles. The summed E-state index contributed by atoms with van der Waals surface area (Å²) >= 11 is 3.23. The molecule has 0 spiro atoms. The van der Waals surface area contributed by atoms with Crippen molar-refractivity contribution in [3.8, 4) is 5.75 Å². The lowest BCUT2D eigenvalue weighted by molar-refractivity contribution is 0.409. The van der Waals surface area contributed by atoms with E-state index in [4.69, 9.17) is 10.5 Å². The van der Waals surface area contributed by atoms with Crippen LogP contribution < -0.4 is 10.5 Å². The molecule has 0 amide bonds. The zero-order valence-corrected chi connectivity index (χ0v) is 11.1. The molecular weight excluding hydrogens is 254 g/mol. The molecule has 1 heterocycles. The number of thioether (sulfide) groups is 1. The van der Waals surface area contributed by atoms with E-state index >= 15 is 0 Å². The van der Waals surface area contributed by atoms with Crippen LogP contribution >= 0.6 is 23.1 Å². The van der Waals surface area contributed by atoms with Gasteiger partial charge in [0.2, 0.25) is 0 Å². The van der Waals surface area contributed by atoms with Crippen LogP contribution in [-0.2, 0) is 12.3 Å². The zero-order valence-electron chi connectivity index (χ0n) is 9.42. The number of nitrogens with zero attached hydrogens (tertiary/aromatic N) is 2. The van der Waals surface area contributed by atoms with Crippen LogP contribution in [0.5, 0.6) is 5.75 Å². The highest BCUT2D eigenvalue weighted by atomic mass is 32.2. The van der Waals surface area contributed by atoms with Crippen molar-refractivity contribution >= 4 is 23.1 Å². The summed E-state index contributed by atoms with van der Waals surface area (Å²) in [6.45, 7) is 0.487. The molecule has 1 aromatic carbocycles. The fourth-order valence-electron chi connectivity index (χ4n) is 1.45. The lowest BCUT2D eigenvalue weighted by Gasteiger charge is -2.08. The molecule has 17 heavy (non-hydrogen) atoms.